The van der Waals surface area contributed by atoms with Gasteiger partial charge in [-0.05, 0) is 43.3 Å². The highest BCUT2D eigenvalue weighted by atomic mass is 16.3. The first-order valence-electron chi connectivity index (χ1n) is 7.31. The van der Waals surface area contributed by atoms with Gasteiger partial charge in [-0.1, -0.05) is 0 Å². The highest BCUT2D eigenvalue weighted by Crippen LogP contribution is 2.13. The molecule has 0 radical (unpaired) electrons. The fourth-order valence-corrected chi connectivity index (χ4v) is 1.82. The maximum absolute atomic E-state index is 11.9. The Hall–Kier alpha value is -2.96. The summed E-state index contributed by atoms with van der Waals surface area (Å²) in [5.41, 5.74) is 0.608. The molecule has 0 unspecified atom stereocenters. The zero-order chi connectivity index (χ0) is 16.5. The van der Waals surface area contributed by atoms with Crippen LogP contribution in [0, 0.1) is 0 Å². The Morgan fingerprint density at radius 1 is 1.22 bits per heavy atom. The van der Waals surface area contributed by atoms with Crippen LogP contribution in [0.25, 0.3) is 0 Å². The van der Waals surface area contributed by atoms with E-state index in [1.165, 1.54) is 12.1 Å². The van der Waals surface area contributed by atoms with E-state index >= 15 is 0 Å². The van der Waals surface area contributed by atoms with E-state index < -0.39 is 0 Å². The number of phenols is 1. The number of amides is 1. The molecule has 0 spiro atoms. The minimum atomic E-state index is -0.245. The van der Waals surface area contributed by atoms with Gasteiger partial charge in [0.15, 0.2) is 5.96 Å². The maximum Gasteiger partial charge on any atom is 0.246 e. The summed E-state index contributed by atoms with van der Waals surface area (Å²) >= 11 is 0. The van der Waals surface area contributed by atoms with E-state index in [-0.39, 0.29) is 18.2 Å². The molecule has 2 aromatic rings. The molecule has 1 heterocycles. The molecule has 1 amide bonds. The number of nitrogens with one attached hydrogen (secondary N) is 3. The second kappa shape index (κ2) is 8.47. The van der Waals surface area contributed by atoms with Gasteiger partial charge in [0, 0.05) is 12.2 Å². The van der Waals surface area contributed by atoms with Gasteiger partial charge in [0.25, 0.3) is 0 Å². The number of benzene rings is 1. The van der Waals surface area contributed by atoms with Crippen molar-refractivity contribution in [2.75, 3.05) is 18.4 Å². The van der Waals surface area contributed by atoms with Crippen LogP contribution >= 0.6 is 0 Å². The Balaban J connectivity index is 1.85. The van der Waals surface area contributed by atoms with Crippen molar-refractivity contribution in [3.8, 4) is 5.75 Å². The van der Waals surface area contributed by atoms with Crippen LogP contribution in [-0.2, 0) is 11.3 Å². The summed E-state index contributed by atoms with van der Waals surface area (Å²) < 4.78 is 5.23. The summed E-state index contributed by atoms with van der Waals surface area (Å²) in [6.45, 7) is 3.09. The topological polar surface area (TPSA) is 98.9 Å². The standard InChI is InChI=1S/C16H20N4O3/c1-2-17-16(18-10-14-4-3-9-23-14)19-11-15(22)20-12-5-7-13(21)8-6-12/h3-9,21H,2,10-11H2,1H3,(H,20,22)(H2,17,18,19). The minimum Gasteiger partial charge on any atom is -0.508 e. The molecule has 122 valence electrons. The van der Waals surface area contributed by atoms with Crippen molar-refractivity contribution >= 4 is 17.6 Å². The number of rotatable bonds is 6. The number of hydrogen-bond donors (Lipinski definition) is 4. The summed E-state index contributed by atoms with van der Waals surface area (Å²) in [6, 6.07) is 9.93. The number of hydrogen-bond acceptors (Lipinski definition) is 4. The van der Waals surface area contributed by atoms with Crippen molar-refractivity contribution in [1.29, 1.82) is 0 Å². The monoisotopic (exact) mass is 316 g/mol. The summed E-state index contributed by atoms with van der Waals surface area (Å²) in [4.78, 5) is 16.1. The molecule has 0 aliphatic carbocycles. The van der Waals surface area contributed by atoms with E-state index in [2.05, 4.69) is 20.9 Å². The first-order chi connectivity index (χ1) is 11.2. The van der Waals surface area contributed by atoms with Gasteiger partial charge in [0.2, 0.25) is 5.91 Å². The van der Waals surface area contributed by atoms with Crippen LogP contribution in [0.4, 0.5) is 5.69 Å². The molecular weight excluding hydrogens is 296 g/mol. The molecule has 1 aromatic heterocycles. The predicted octanol–water partition coefficient (Wildman–Crippen LogP) is 1.68. The quantitative estimate of drug-likeness (QED) is 0.369. The molecule has 2 rings (SSSR count). The number of carbonyl (C=O) groups is 1. The van der Waals surface area contributed by atoms with Crippen molar-refractivity contribution < 1.29 is 14.3 Å². The first-order valence-corrected chi connectivity index (χ1v) is 7.31. The lowest BCUT2D eigenvalue weighted by molar-refractivity contribution is -0.114. The lowest BCUT2D eigenvalue weighted by Gasteiger charge is -2.10. The van der Waals surface area contributed by atoms with E-state index in [0.29, 0.717) is 24.7 Å². The van der Waals surface area contributed by atoms with Gasteiger partial charge in [-0.3, -0.25) is 4.79 Å². The van der Waals surface area contributed by atoms with Crippen LogP contribution in [0.1, 0.15) is 12.7 Å². The fraction of sp³-hybridized carbons (Fsp3) is 0.250. The van der Waals surface area contributed by atoms with Crippen LogP contribution in [-0.4, -0.2) is 30.1 Å². The van der Waals surface area contributed by atoms with Gasteiger partial charge in [-0.2, -0.15) is 0 Å². The normalized spacial score (nSPS) is 11.1. The van der Waals surface area contributed by atoms with Crippen molar-refractivity contribution in [1.82, 2.24) is 10.6 Å². The number of phenolic OH excluding ortho intramolecular Hbond substituents is 1. The largest absolute Gasteiger partial charge is 0.508 e. The SMILES string of the molecule is CCNC(=NCC(=O)Nc1ccc(O)cc1)NCc1ccco1. The van der Waals surface area contributed by atoms with Crippen molar-refractivity contribution in [2.24, 2.45) is 4.99 Å². The third kappa shape index (κ3) is 5.74. The third-order valence-corrected chi connectivity index (χ3v) is 2.89. The molecule has 0 saturated heterocycles. The molecule has 7 heteroatoms. The Kier molecular flexibility index (Phi) is 6.05. The summed E-state index contributed by atoms with van der Waals surface area (Å²) in [7, 11) is 0. The van der Waals surface area contributed by atoms with E-state index in [4.69, 9.17) is 4.42 Å². The van der Waals surface area contributed by atoms with E-state index in [1.54, 1.807) is 18.4 Å². The fourth-order valence-electron chi connectivity index (χ4n) is 1.82. The number of nitrogens with zero attached hydrogens (tertiary/aromatic N) is 1. The highest BCUT2D eigenvalue weighted by Gasteiger charge is 2.04. The van der Waals surface area contributed by atoms with E-state index in [9.17, 15) is 9.90 Å². The van der Waals surface area contributed by atoms with Gasteiger partial charge in [-0.15, -0.1) is 0 Å². The number of anilines is 1. The number of aliphatic imine (C=N–C) groups is 1. The number of guanidine groups is 1. The van der Waals surface area contributed by atoms with Crippen LogP contribution in [0.15, 0.2) is 52.1 Å². The molecular formula is C16H20N4O3. The van der Waals surface area contributed by atoms with Gasteiger partial charge >= 0.3 is 0 Å². The average molecular weight is 316 g/mol. The first kappa shape index (κ1) is 16.4. The molecule has 0 bridgehead atoms. The molecule has 7 nitrogen and oxygen atoms in total. The Bertz CT molecular complexity index is 636. The highest BCUT2D eigenvalue weighted by molar-refractivity contribution is 5.94. The third-order valence-electron chi connectivity index (χ3n) is 2.89. The second-order valence-electron chi connectivity index (χ2n) is 4.72. The van der Waals surface area contributed by atoms with Crippen LogP contribution < -0.4 is 16.0 Å². The van der Waals surface area contributed by atoms with Crippen molar-refractivity contribution in [3.05, 3.63) is 48.4 Å². The molecule has 0 aliphatic heterocycles. The lowest BCUT2D eigenvalue weighted by Crippen LogP contribution is -2.37. The zero-order valence-corrected chi connectivity index (χ0v) is 12.9. The molecule has 1 aromatic carbocycles. The van der Waals surface area contributed by atoms with Crippen LogP contribution in [0.3, 0.4) is 0 Å². The molecule has 0 atom stereocenters. The molecule has 0 saturated carbocycles. The molecule has 0 aliphatic rings. The van der Waals surface area contributed by atoms with Crippen LogP contribution in [0.2, 0.25) is 0 Å². The summed E-state index contributed by atoms with van der Waals surface area (Å²) in [5, 5.41) is 18.0. The number of furan rings is 1. The Morgan fingerprint density at radius 3 is 2.65 bits per heavy atom. The van der Waals surface area contributed by atoms with Gasteiger partial charge < -0.3 is 25.5 Å². The molecule has 23 heavy (non-hydrogen) atoms. The van der Waals surface area contributed by atoms with Gasteiger partial charge in [-0.25, -0.2) is 4.99 Å². The average Bonchev–Trinajstić information content (AvgIpc) is 3.06. The number of aromatic hydroxyl groups is 1. The van der Waals surface area contributed by atoms with Crippen molar-refractivity contribution in [2.45, 2.75) is 13.5 Å². The second-order valence-corrected chi connectivity index (χ2v) is 4.72. The Labute approximate surface area is 134 Å². The molecule has 4 N–H and O–H groups in total. The smallest absolute Gasteiger partial charge is 0.246 e. The minimum absolute atomic E-state index is 0.0195. The zero-order valence-electron chi connectivity index (χ0n) is 12.9. The predicted molar refractivity (Wildman–Crippen MR) is 88.3 cm³/mol. The Morgan fingerprint density at radius 2 is 2.00 bits per heavy atom. The summed E-state index contributed by atoms with van der Waals surface area (Å²) in [6.07, 6.45) is 1.60. The lowest BCUT2D eigenvalue weighted by atomic mass is 10.3. The van der Waals surface area contributed by atoms with E-state index in [1.807, 2.05) is 19.1 Å². The van der Waals surface area contributed by atoms with Gasteiger partial charge in [0.1, 0.15) is 18.1 Å². The van der Waals surface area contributed by atoms with Crippen LogP contribution in [0.5, 0.6) is 5.75 Å². The van der Waals surface area contributed by atoms with Gasteiger partial charge in [0.05, 0.1) is 12.8 Å². The van der Waals surface area contributed by atoms with Crippen molar-refractivity contribution in [3.63, 3.8) is 0 Å². The van der Waals surface area contributed by atoms with E-state index in [0.717, 1.165) is 5.76 Å². The molecule has 0 fully saturated rings. The summed E-state index contributed by atoms with van der Waals surface area (Å²) in [5.74, 6) is 1.22. The number of carbonyl (C=O) groups excluding carboxylic acids is 1. The maximum atomic E-state index is 11.9.